The van der Waals surface area contributed by atoms with Gasteiger partial charge < -0.3 is 14.0 Å². The van der Waals surface area contributed by atoms with Gasteiger partial charge >= 0.3 is 0 Å². The summed E-state index contributed by atoms with van der Waals surface area (Å²) < 4.78 is 4.95. The Kier molecular flexibility index (Phi) is 14.1. The third kappa shape index (κ3) is 9.95. The molecule has 0 saturated heterocycles. The third-order valence-corrected chi connectivity index (χ3v) is 21.1. The second-order valence-electron chi connectivity index (χ2n) is 30.3. The lowest BCUT2D eigenvalue weighted by molar-refractivity contribution is 0.588. The fourth-order valence-corrected chi connectivity index (χ4v) is 16.3. The number of hydrogen-bond acceptors (Lipinski definition) is 3. The number of nitriles is 2. The Morgan fingerprint density at radius 2 is 0.727 bits per heavy atom. The first kappa shape index (κ1) is 60.9. The Balaban J connectivity index is 1.08. The van der Waals surface area contributed by atoms with Crippen LogP contribution in [0.4, 0.5) is 17.1 Å². The average Bonchev–Trinajstić information content (AvgIpc) is 1.29. The normalized spacial score (nSPS) is 13.5. The summed E-state index contributed by atoms with van der Waals surface area (Å²) in [5, 5.41) is 26.5. The Labute approximate surface area is 580 Å². The lowest BCUT2D eigenvalue weighted by atomic mass is 9.31. The van der Waals surface area contributed by atoms with Crippen molar-refractivity contribution >= 4 is 83.8 Å². The second kappa shape index (κ2) is 23.0. The standard InChI is InChI=1S/C93H74BN5/c1-91(2,3)64-48-73(60-28-12-10-13-29-60)87(74(49-64)62-32-24-26-58(46-62)56-95)88-77-54-67(97-81-38-20-16-34-69(81)70-35-17-21-39-82(70)97)42-44-79(77)94-80-45-43-68(98-83-40-22-18-36-71(83)72-37-19-23-41-84(72)98)55-85(80)99(86-53-66(93(7,8)9)52-78(88)89(86)94)90-75(61-30-14-11-15-31-61)50-65(92(4,5)6)51-76(90)63-33-25-27-59(47-63)57-96/h10-55,88H,1-9H3. The van der Waals surface area contributed by atoms with Gasteiger partial charge in [-0.3, -0.25) is 0 Å². The summed E-state index contributed by atoms with van der Waals surface area (Å²) in [6.07, 6.45) is 0. The van der Waals surface area contributed by atoms with E-state index < -0.39 is 0 Å². The van der Waals surface area contributed by atoms with Gasteiger partial charge in [0.1, 0.15) is 0 Å². The predicted octanol–water partition coefficient (Wildman–Crippen LogP) is 22.0. The Hall–Kier alpha value is -11.7. The van der Waals surface area contributed by atoms with Crippen LogP contribution in [0.2, 0.25) is 0 Å². The second-order valence-corrected chi connectivity index (χ2v) is 30.3. The Morgan fingerprint density at radius 3 is 1.21 bits per heavy atom. The molecular formula is C93H74BN5. The minimum atomic E-state index is -0.380. The molecule has 15 aromatic rings. The molecule has 0 bridgehead atoms. The molecule has 0 aliphatic carbocycles. The molecular weight excluding hydrogens is 1200 g/mol. The van der Waals surface area contributed by atoms with Gasteiger partial charge in [-0.2, -0.15) is 10.5 Å². The van der Waals surface area contributed by atoms with Gasteiger partial charge in [-0.05, 0) is 185 Å². The van der Waals surface area contributed by atoms with Gasteiger partial charge in [0.05, 0.1) is 51.0 Å². The van der Waals surface area contributed by atoms with E-state index in [2.05, 4.69) is 349 Å². The van der Waals surface area contributed by atoms with Crippen LogP contribution in [0.3, 0.4) is 0 Å². The number of anilines is 3. The number of fused-ring (bicyclic) bond motifs is 10. The van der Waals surface area contributed by atoms with Crippen molar-refractivity contribution in [3.8, 4) is 68.0 Å². The highest BCUT2D eigenvalue weighted by Gasteiger charge is 2.47. The van der Waals surface area contributed by atoms with E-state index in [1.54, 1.807) is 0 Å². The minimum Gasteiger partial charge on any atom is -0.310 e. The van der Waals surface area contributed by atoms with Crippen molar-refractivity contribution in [1.82, 2.24) is 9.13 Å². The van der Waals surface area contributed by atoms with Gasteiger partial charge in [-0.25, -0.2) is 0 Å². The van der Waals surface area contributed by atoms with Gasteiger partial charge in [0, 0.05) is 61.3 Å². The van der Waals surface area contributed by atoms with Crippen molar-refractivity contribution in [2.75, 3.05) is 4.90 Å². The number of para-hydroxylation sites is 4. The molecule has 5 nitrogen and oxygen atoms in total. The van der Waals surface area contributed by atoms with Gasteiger partial charge in [0.15, 0.2) is 0 Å². The van der Waals surface area contributed by atoms with Crippen molar-refractivity contribution in [2.24, 2.45) is 0 Å². The van der Waals surface area contributed by atoms with E-state index in [1.807, 2.05) is 18.2 Å². The maximum absolute atomic E-state index is 10.8. The van der Waals surface area contributed by atoms with Crippen molar-refractivity contribution in [2.45, 2.75) is 84.5 Å². The molecule has 0 fully saturated rings. The maximum atomic E-state index is 10.8. The van der Waals surface area contributed by atoms with E-state index in [0.29, 0.717) is 11.1 Å². The largest absolute Gasteiger partial charge is 0.310 e. The molecule has 17 rings (SSSR count). The molecule has 0 N–H and O–H groups in total. The quantitative estimate of drug-likeness (QED) is 0.142. The average molecular weight is 1270 g/mol. The van der Waals surface area contributed by atoms with Crippen molar-refractivity contribution in [3.63, 3.8) is 0 Å². The van der Waals surface area contributed by atoms with Gasteiger partial charge in [0.2, 0.25) is 6.71 Å². The zero-order valence-electron chi connectivity index (χ0n) is 57.4. The molecule has 4 heterocycles. The van der Waals surface area contributed by atoms with E-state index in [9.17, 15) is 10.5 Å². The highest BCUT2D eigenvalue weighted by molar-refractivity contribution is 6.99. The lowest BCUT2D eigenvalue weighted by Crippen LogP contribution is -2.62. The van der Waals surface area contributed by atoms with Crippen LogP contribution in [0.5, 0.6) is 0 Å². The molecule has 2 aliphatic heterocycles. The van der Waals surface area contributed by atoms with Crippen molar-refractivity contribution in [1.29, 1.82) is 10.5 Å². The lowest BCUT2D eigenvalue weighted by Gasteiger charge is -2.45. The number of hydrogen-bond donors (Lipinski definition) is 0. The van der Waals surface area contributed by atoms with Crippen LogP contribution in [0.1, 0.15) is 113 Å². The number of nitrogens with zero attached hydrogens (tertiary/aromatic N) is 5. The van der Waals surface area contributed by atoms with Crippen molar-refractivity contribution < 1.29 is 0 Å². The SMILES string of the molecule is CC(C)(C)c1cc(-c2ccccc2)c(C2c3cc(-n4c5ccccc5c5ccccc54)ccc3B3c4ccc(-n5c6ccccc6c6ccccc65)cc4N(c4c(-c5ccccc5)cc(C(C)(C)C)cc4-c4cccc(C#N)c4)c4cc(C(C)(C)C)cc2c43)c(-c2cccc(C#N)c2)c1. The molecule has 1 atom stereocenters. The third-order valence-electron chi connectivity index (χ3n) is 21.1. The van der Waals surface area contributed by atoms with E-state index in [4.69, 9.17) is 0 Å². The molecule has 1 unspecified atom stereocenters. The number of benzene rings is 13. The fourth-order valence-electron chi connectivity index (χ4n) is 16.3. The van der Waals surface area contributed by atoms with E-state index in [1.165, 1.54) is 71.3 Å². The highest BCUT2D eigenvalue weighted by Crippen LogP contribution is 2.54. The summed E-state index contributed by atoms with van der Waals surface area (Å²) in [7, 11) is 0. The molecule has 99 heavy (non-hydrogen) atoms. The van der Waals surface area contributed by atoms with Crippen LogP contribution in [-0.2, 0) is 16.2 Å². The van der Waals surface area contributed by atoms with E-state index in [-0.39, 0.29) is 28.9 Å². The van der Waals surface area contributed by atoms with Crippen LogP contribution in [0, 0.1) is 22.7 Å². The van der Waals surface area contributed by atoms with Gasteiger partial charge in [-0.15, -0.1) is 0 Å². The number of rotatable bonds is 8. The summed E-state index contributed by atoms with van der Waals surface area (Å²) in [6, 6.07) is 109. The van der Waals surface area contributed by atoms with E-state index >= 15 is 0 Å². The molecule has 474 valence electrons. The van der Waals surface area contributed by atoms with Crippen LogP contribution in [0.25, 0.3) is 99.5 Å². The first-order valence-electron chi connectivity index (χ1n) is 34.7. The van der Waals surface area contributed by atoms with Crippen LogP contribution in [0.15, 0.2) is 279 Å². The predicted molar refractivity (Wildman–Crippen MR) is 416 cm³/mol. The zero-order chi connectivity index (χ0) is 67.8. The van der Waals surface area contributed by atoms with Gasteiger partial charge in [0.25, 0.3) is 0 Å². The summed E-state index contributed by atoms with van der Waals surface area (Å²) in [4.78, 5) is 2.66. The van der Waals surface area contributed by atoms with Crippen LogP contribution < -0.4 is 21.3 Å². The first-order valence-corrected chi connectivity index (χ1v) is 34.7. The topological polar surface area (TPSA) is 60.7 Å². The van der Waals surface area contributed by atoms with Gasteiger partial charge in [-0.1, -0.05) is 256 Å². The molecule has 0 radical (unpaired) electrons. The Bertz CT molecular complexity index is 5450. The maximum Gasteiger partial charge on any atom is 0.247 e. The molecule has 2 aliphatic rings. The fraction of sp³-hybridized carbons (Fsp3) is 0.140. The zero-order valence-corrected chi connectivity index (χ0v) is 57.4. The number of aromatic nitrogens is 2. The van der Waals surface area contributed by atoms with Crippen LogP contribution >= 0.6 is 0 Å². The molecule has 0 amide bonds. The smallest absolute Gasteiger partial charge is 0.247 e. The summed E-state index contributed by atoms with van der Waals surface area (Å²) in [5.41, 5.74) is 29.7. The van der Waals surface area contributed by atoms with Crippen molar-refractivity contribution in [3.05, 3.63) is 324 Å². The minimum absolute atomic E-state index is 0.250. The molecule has 6 heteroatoms. The molecule has 13 aromatic carbocycles. The van der Waals surface area contributed by atoms with E-state index in [0.717, 1.165) is 95.0 Å². The van der Waals surface area contributed by atoms with Crippen LogP contribution in [-0.4, -0.2) is 15.8 Å². The molecule has 0 saturated carbocycles. The highest BCUT2D eigenvalue weighted by atomic mass is 15.2. The molecule has 0 spiro atoms. The Morgan fingerprint density at radius 1 is 0.333 bits per heavy atom. The summed E-state index contributed by atoms with van der Waals surface area (Å²) in [5.74, 6) is -0.380. The summed E-state index contributed by atoms with van der Waals surface area (Å²) >= 11 is 0. The monoisotopic (exact) mass is 1270 g/mol. The summed E-state index contributed by atoms with van der Waals surface area (Å²) in [6.45, 7) is 20.7. The molecule has 2 aromatic heterocycles. The first-order chi connectivity index (χ1) is 47.9.